The third-order valence-electron chi connectivity index (χ3n) is 21.2. The molecular formula is C93H129ClN14O9S3. The van der Waals surface area contributed by atoms with Gasteiger partial charge in [0.05, 0.1) is 41.6 Å². The Kier molecular flexibility index (Phi) is 39.4. The van der Waals surface area contributed by atoms with Crippen LogP contribution >= 0.6 is 45.6 Å². The Morgan fingerprint density at radius 3 is 1.24 bits per heavy atom. The Balaban J connectivity index is 0.000000194. The summed E-state index contributed by atoms with van der Waals surface area (Å²) in [6, 6.07) is 36.0. The molecule has 27 heteroatoms. The molecule has 3 aliphatic rings. The molecule has 0 spiro atoms. The zero-order valence-corrected chi connectivity index (χ0v) is 75.4. The number of para-hydroxylation sites is 3. The van der Waals surface area contributed by atoms with Gasteiger partial charge in [0.1, 0.15) is 23.3 Å². The standard InChI is InChI=1S/C32H45N5O3S.C29H38N4O3S.C25H42N4O3.C7H4ClNS/c1-23(38)33-19-22-37(20-10-9-12-25-17-16-24-11-5-6-13-26(24)34-25)21-18-28(30(39)40-32(2,3)4)36-31-35-27-14-7-8-15-29(27)41-31;1-21(34)30-16-19-33(17-7-6-9-24-14-13-22-8-2-3-10-25(22)31-24)18-15-23(29(35)36)20-28-32-26-11-4-5-12-27(26)37-28;1-19(30)27-15-18-29(17-14-22(26)24(31)32-25(2,3)4)16-8-7-10-21-13-12-20-9-5-6-11-23(20)28-21;8-7-9-5-3-1-2-4-6(5)10-7/h7-8,14-17,28H,5-6,9-13,18-22H2,1-4H3,(H,33,38)(H,35,36);4-5,11-14,23H,2-3,6-10,15-20H2,1H3,(H,30,34)(H,35,36);12-13,22H,5-11,14-18,26H2,1-4H3,(H,27,30);1-4H/t28-;23-;22-;/m010./s1. The lowest BCUT2D eigenvalue weighted by atomic mass is 9.95. The molecule has 23 nitrogen and oxygen atoms in total. The SMILES string of the molecule is CC(=O)NCCN(CCCCc1ccc2c(n1)CCCC2)CC[C@H](Cc1nc2ccccc2s1)C(=O)O.CC(=O)NCCN(CCCCc1ccc2c(n1)CCCC2)CC[C@H](N)C(=O)OC(C)(C)C.CC(=O)NCCN(CCCCc1ccc2c(n1)CCCC2)CC[C@H](Nc1nc2ccccc2s1)C(=O)OC(C)(C)C.Clc1nc2ccccc2s1. The second-order valence-electron chi connectivity index (χ2n) is 33.7. The smallest absolute Gasteiger partial charge is 0.329 e. The summed E-state index contributed by atoms with van der Waals surface area (Å²) in [6.45, 7) is 24.4. The van der Waals surface area contributed by atoms with Gasteiger partial charge in [-0.3, -0.25) is 38.9 Å². The highest BCUT2D eigenvalue weighted by atomic mass is 35.5. The van der Waals surface area contributed by atoms with E-state index in [1.807, 2.05) is 114 Å². The Hall–Kier alpha value is -8.47. The average Bonchev–Trinajstić information content (AvgIpc) is 1.61. The Bertz CT molecular complexity index is 4610. The van der Waals surface area contributed by atoms with Crippen LogP contribution in [-0.2, 0) is 102 Å². The van der Waals surface area contributed by atoms with Gasteiger partial charge < -0.3 is 56.3 Å². The van der Waals surface area contributed by atoms with Crippen LogP contribution in [0, 0.1) is 5.92 Å². The van der Waals surface area contributed by atoms with Gasteiger partial charge >= 0.3 is 17.9 Å². The van der Waals surface area contributed by atoms with Crippen LogP contribution < -0.4 is 27.0 Å². The normalized spacial score (nSPS) is 13.9. The minimum Gasteiger partial charge on any atom is -0.481 e. The number of esters is 2. The number of carboxylic acids is 1. The maximum atomic E-state index is 13.2. The number of fused-ring (bicyclic) bond motifs is 6. The van der Waals surface area contributed by atoms with Gasteiger partial charge in [0, 0.05) is 114 Å². The molecule has 0 bridgehead atoms. The molecule has 6 aromatic heterocycles. The number of nitrogens with one attached hydrogen (secondary N) is 4. The number of rotatable bonds is 40. The number of pyridine rings is 3. The fraction of sp³-hybridized carbons (Fsp3) is 0.548. The lowest BCUT2D eigenvalue weighted by Gasteiger charge is -2.27. The van der Waals surface area contributed by atoms with Crippen molar-refractivity contribution >= 4 is 117 Å². The summed E-state index contributed by atoms with van der Waals surface area (Å²) in [6.07, 6.45) is 25.5. The van der Waals surface area contributed by atoms with Crippen molar-refractivity contribution in [2.75, 3.05) is 83.9 Å². The fourth-order valence-corrected chi connectivity index (χ4v) is 17.9. The Morgan fingerprint density at radius 2 is 0.833 bits per heavy atom. The highest BCUT2D eigenvalue weighted by Crippen LogP contribution is 2.30. The molecule has 7 N–H and O–H groups in total. The van der Waals surface area contributed by atoms with E-state index in [1.54, 1.807) is 11.3 Å². The molecule has 3 atom stereocenters. The van der Waals surface area contributed by atoms with E-state index in [-0.39, 0.29) is 29.7 Å². The van der Waals surface area contributed by atoms with Crippen molar-refractivity contribution in [2.24, 2.45) is 11.7 Å². The monoisotopic (exact) mass is 1720 g/mol. The quantitative estimate of drug-likeness (QED) is 0.0154. The molecule has 3 aliphatic carbocycles. The Morgan fingerprint density at radius 1 is 0.450 bits per heavy atom. The number of nitrogens with zero attached hydrogens (tertiary/aromatic N) is 9. The number of nitrogens with two attached hydrogens (primary N) is 1. The molecular weight excluding hydrogens is 1590 g/mol. The molecule has 0 saturated carbocycles. The molecule has 0 fully saturated rings. The molecule has 6 heterocycles. The predicted molar refractivity (Wildman–Crippen MR) is 486 cm³/mol. The number of anilines is 1. The van der Waals surface area contributed by atoms with E-state index in [0.29, 0.717) is 81.1 Å². The lowest BCUT2D eigenvalue weighted by Crippen LogP contribution is -2.41. The number of carbonyl (C=O) groups is 6. The van der Waals surface area contributed by atoms with E-state index in [1.165, 1.54) is 133 Å². The molecule has 0 aliphatic heterocycles. The lowest BCUT2D eigenvalue weighted by molar-refractivity contribution is -0.157. The van der Waals surface area contributed by atoms with Crippen molar-refractivity contribution in [3.05, 3.63) is 170 Å². The molecule has 650 valence electrons. The van der Waals surface area contributed by atoms with Gasteiger partial charge in [-0.15, -0.1) is 22.7 Å². The van der Waals surface area contributed by atoms with Crippen molar-refractivity contribution in [3.63, 3.8) is 0 Å². The predicted octanol–water partition coefficient (Wildman–Crippen LogP) is 15.9. The van der Waals surface area contributed by atoms with E-state index in [9.17, 15) is 33.9 Å². The number of aryl methyl sites for hydroxylation is 9. The van der Waals surface area contributed by atoms with Crippen LogP contribution in [0.4, 0.5) is 5.13 Å². The molecule has 12 rings (SSSR count). The summed E-state index contributed by atoms with van der Waals surface area (Å²) < 4.78 is 15.1. The summed E-state index contributed by atoms with van der Waals surface area (Å²) in [5, 5.41) is 23.5. The minimum atomic E-state index is -0.778. The van der Waals surface area contributed by atoms with Gasteiger partial charge in [-0.05, 0) is 293 Å². The van der Waals surface area contributed by atoms with Crippen molar-refractivity contribution in [1.29, 1.82) is 0 Å². The zero-order valence-electron chi connectivity index (χ0n) is 72.2. The summed E-state index contributed by atoms with van der Waals surface area (Å²) in [7, 11) is 0. The number of hydrogen-bond acceptors (Lipinski definition) is 22. The zero-order chi connectivity index (χ0) is 85.8. The average molecular weight is 1720 g/mol. The molecule has 120 heavy (non-hydrogen) atoms. The highest BCUT2D eigenvalue weighted by Gasteiger charge is 2.29. The second kappa shape index (κ2) is 49.6. The van der Waals surface area contributed by atoms with Crippen LogP contribution in [-0.4, -0.2) is 187 Å². The van der Waals surface area contributed by atoms with Crippen molar-refractivity contribution in [1.82, 2.24) is 60.6 Å². The van der Waals surface area contributed by atoms with E-state index in [4.69, 9.17) is 41.8 Å². The number of hydrogen-bond donors (Lipinski definition) is 6. The van der Waals surface area contributed by atoms with Gasteiger partial charge in [-0.1, -0.05) is 77.5 Å². The van der Waals surface area contributed by atoms with Crippen molar-refractivity contribution < 1.29 is 43.3 Å². The molecule has 0 unspecified atom stereocenters. The van der Waals surface area contributed by atoms with Crippen LogP contribution in [0.5, 0.6) is 0 Å². The summed E-state index contributed by atoms with van der Waals surface area (Å²) in [4.78, 5) is 107. The first kappa shape index (κ1) is 95.4. The molecule has 0 saturated heterocycles. The highest BCUT2D eigenvalue weighted by molar-refractivity contribution is 7.22. The van der Waals surface area contributed by atoms with Gasteiger partial charge in [0.15, 0.2) is 9.60 Å². The third kappa shape index (κ3) is 34.8. The number of carboxylic acid groups (broad SMARTS) is 1. The van der Waals surface area contributed by atoms with Crippen LogP contribution in [0.25, 0.3) is 30.6 Å². The van der Waals surface area contributed by atoms with Crippen LogP contribution in [0.2, 0.25) is 4.47 Å². The molecule has 9 aromatic rings. The number of thiazole rings is 3. The molecule has 0 radical (unpaired) electrons. The second-order valence-corrected chi connectivity index (χ2v) is 37.4. The maximum absolute atomic E-state index is 13.2. The number of halogens is 1. The number of aliphatic carboxylic acids is 1. The first-order chi connectivity index (χ1) is 57.6. The topological polar surface area (TPSA) is 302 Å². The van der Waals surface area contributed by atoms with Crippen LogP contribution in [0.1, 0.15) is 214 Å². The third-order valence-corrected chi connectivity index (χ3v) is 24.4. The van der Waals surface area contributed by atoms with Gasteiger partial charge in [-0.2, -0.15) is 0 Å². The maximum Gasteiger partial charge on any atom is 0.329 e. The number of aromatic nitrogens is 6. The number of benzene rings is 3. The minimum absolute atomic E-state index is 0.0334. The summed E-state index contributed by atoms with van der Waals surface area (Å²) >= 11 is 10.3. The van der Waals surface area contributed by atoms with Crippen LogP contribution in [0.3, 0.4) is 0 Å². The fourth-order valence-electron chi connectivity index (χ4n) is 14.9. The number of unbranched alkanes of at least 4 members (excludes halogenated alkanes) is 3. The summed E-state index contributed by atoms with van der Waals surface area (Å²) in [5.41, 5.74) is 19.4. The van der Waals surface area contributed by atoms with Gasteiger partial charge in [-0.25, -0.2) is 19.7 Å². The number of amides is 3. The van der Waals surface area contributed by atoms with E-state index >= 15 is 0 Å². The van der Waals surface area contributed by atoms with Crippen molar-refractivity contribution in [2.45, 2.75) is 246 Å². The van der Waals surface area contributed by atoms with E-state index < -0.39 is 35.2 Å². The van der Waals surface area contributed by atoms with Gasteiger partial charge in [0.2, 0.25) is 17.7 Å². The van der Waals surface area contributed by atoms with E-state index in [0.717, 1.165) is 165 Å². The number of ether oxygens (including phenoxy) is 2. The molecule has 3 aromatic carbocycles. The first-order valence-electron chi connectivity index (χ1n) is 43.4. The van der Waals surface area contributed by atoms with Crippen LogP contribution in [0.15, 0.2) is 109 Å². The van der Waals surface area contributed by atoms with Gasteiger partial charge in [0.25, 0.3) is 0 Å². The van der Waals surface area contributed by atoms with E-state index in [2.05, 4.69) is 87.3 Å². The Labute approximate surface area is 727 Å². The largest absolute Gasteiger partial charge is 0.481 e. The molecule has 3 amide bonds. The number of carbonyl (C=O) groups excluding carboxylic acids is 5. The summed E-state index contributed by atoms with van der Waals surface area (Å²) in [5.74, 6) is -2.02. The van der Waals surface area contributed by atoms with Crippen molar-refractivity contribution in [3.8, 4) is 0 Å². The first-order valence-corrected chi connectivity index (χ1v) is 46.2.